The standard InChI is InChI=1S/C31H30ClN5O3S/c1-17(2)29(38)34-25-13-12-22(16-24(25)32)37-28(27(35-31(37)41)26-7-5-6-14-33-26)23-15-18(3)36(19(23)4)21-10-8-20(9-11-21)30(39)40/h5-17,27-28H,1-4H3,(H,34,38)(H,35,41)(H,39,40)/t27-,28+/m0/s1. The summed E-state index contributed by atoms with van der Waals surface area (Å²) in [6.45, 7) is 7.71. The maximum Gasteiger partial charge on any atom is 0.335 e. The SMILES string of the molecule is Cc1cc([C@@H]2[C@H](c3ccccn3)NC(=S)N2c2ccc(NC(=O)C(C)C)c(Cl)c2)c(C)n1-c1ccc(C(=O)O)cc1. The second-order valence-electron chi connectivity index (χ2n) is 10.3. The number of nitrogens with one attached hydrogen (secondary N) is 2. The maximum atomic E-state index is 12.3. The van der Waals surface area contributed by atoms with Gasteiger partial charge in [0, 0.05) is 34.9 Å². The number of anilines is 2. The Morgan fingerprint density at radius 1 is 1.05 bits per heavy atom. The monoisotopic (exact) mass is 587 g/mol. The molecule has 4 aromatic rings. The van der Waals surface area contributed by atoms with Crippen molar-refractivity contribution < 1.29 is 14.7 Å². The van der Waals surface area contributed by atoms with Crippen LogP contribution in [0.4, 0.5) is 11.4 Å². The number of carbonyl (C=O) groups is 2. The van der Waals surface area contributed by atoms with E-state index in [1.165, 1.54) is 0 Å². The Kier molecular flexibility index (Phi) is 7.84. The highest BCUT2D eigenvalue weighted by Crippen LogP contribution is 2.44. The number of carbonyl (C=O) groups excluding carboxylic acids is 1. The molecular formula is C31H30ClN5O3S. The highest BCUT2D eigenvalue weighted by molar-refractivity contribution is 7.80. The van der Waals surface area contributed by atoms with Gasteiger partial charge in [-0.3, -0.25) is 9.78 Å². The number of pyridine rings is 1. The van der Waals surface area contributed by atoms with E-state index < -0.39 is 5.97 Å². The molecule has 8 nitrogen and oxygen atoms in total. The van der Waals surface area contributed by atoms with Gasteiger partial charge in [0.2, 0.25) is 5.91 Å². The van der Waals surface area contributed by atoms with Gasteiger partial charge in [-0.15, -0.1) is 0 Å². The van der Waals surface area contributed by atoms with Crippen molar-refractivity contribution in [1.29, 1.82) is 0 Å². The Morgan fingerprint density at radius 3 is 2.37 bits per heavy atom. The summed E-state index contributed by atoms with van der Waals surface area (Å²) in [5.74, 6) is -1.26. The summed E-state index contributed by atoms with van der Waals surface area (Å²) in [6, 6.07) is 19.7. The van der Waals surface area contributed by atoms with Crippen molar-refractivity contribution in [3.05, 3.63) is 106 Å². The van der Waals surface area contributed by atoms with Gasteiger partial charge in [-0.05, 0) is 92.3 Å². The molecular weight excluding hydrogens is 558 g/mol. The fourth-order valence-electron chi connectivity index (χ4n) is 5.22. The number of rotatable bonds is 7. The Bertz CT molecular complexity index is 1640. The first-order valence-electron chi connectivity index (χ1n) is 13.2. The van der Waals surface area contributed by atoms with Gasteiger partial charge in [0.25, 0.3) is 0 Å². The Hall–Kier alpha value is -4.21. The fourth-order valence-corrected chi connectivity index (χ4v) is 5.79. The number of halogens is 1. The van der Waals surface area contributed by atoms with Crippen molar-refractivity contribution in [2.75, 3.05) is 10.2 Å². The number of hydrogen-bond acceptors (Lipinski definition) is 4. The van der Waals surface area contributed by atoms with Crippen LogP contribution in [0.15, 0.2) is 72.9 Å². The smallest absolute Gasteiger partial charge is 0.335 e. The van der Waals surface area contributed by atoms with E-state index in [4.69, 9.17) is 23.8 Å². The second kappa shape index (κ2) is 11.3. The van der Waals surface area contributed by atoms with E-state index in [1.54, 1.807) is 24.4 Å². The minimum Gasteiger partial charge on any atom is -0.478 e. The largest absolute Gasteiger partial charge is 0.478 e. The van der Waals surface area contributed by atoms with E-state index in [1.807, 2.05) is 75.1 Å². The molecule has 0 unspecified atom stereocenters. The van der Waals surface area contributed by atoms with Crippen molar-refractivity contribution in [3.8, 4) is 5.69 Å². The third-order valence-corrected chi connectivity index (χ3v) is 7.90. The van der Waals surface area contributed by atoms with E-state index in [-0.39, 0.29) is 29.5 Å². The summed E-state index contributed by atoms with van der Waals surface area (Å²) in [6.07, 6.45) is 1.76. The summed E-state index contributed by atoms with van der Waals surface area (Å²) in [4.78, 5) is 30.4. The molecule has 2 atom stereocenters. The summed E-state index contributed by atoms with van der Waals surface area (Å²) in [7, 11) is 0. The molecule has 2 aromatic carbocycles. The van der Waals surface area contributed by atoms with Gasteiger partial charge < -0.3 is 25.2 Å². The molecule has 0 aliphatic carbocycles. The molecule has 41 heavy (non-hydrogen) atoms. The topological polar surface area (TPSA) is 99.5 Å². The minimum absolute atomic E-state index is 0.116. The molecule has 1 amide bonds. The highest BCUT2D eigenvalue weighted by Gasteiger charge is 2.42. The van der Waals surface area contributed by atoms with Gasteiger partial charge >= 0.3 is 5.97 Å². The zero-order valence-corrected chi connectivity index (χ0v) is 24.6. The summed E-state index contributed by atoms with van der Waals surface area (Å²) < 4.78 is 2.10. The zero-order chi connectivity index (χ0) is 29.4. The van der Waals surface area contributed by atoms with E-state index in [0.29, 0.717) is 15.8 Å². The van der Waals surface area contributed by atoms with Gasteiger partial charge in [-0.1, -0.05) is 31.5 Å². The molecule has 0 saturated carbocycles. The Balaban J connectivity index is 1.60. The van der Waals surface area contributed by atoms with Crippen LogP contribution in [0.3, 0.4) is 0 Å². The Labute approximate surface area is 249 Å². The van der Waals surface area contributed by atoms with Crippen LogP contribution >= 0.6 is 23.8 Å². The van der Waals surface area contributed by atoms with Crippen LogP contribution in [-0.2, 0) is 4.79 Å². The van der Waals surface area contributed by atoms with Crippen molar-refractivity contribution in [1.82, 2.24) is 14.9 Å². The average Bonchev–Trinajstić information content (AvgIpc) is 3.44. The number of aromatic carboxylic acids is 1. The summed E-state index contributed by atoms with van der Waals surface area (Å²) in [5.41, 5.74) is 6.24. The predicted molar refractivity (Wildman–Crippen MR) is 165 cm³/mol. The van der Waals surface area contributed by atoms with Gasteiger partial charge in [-0.25, -0.2) is 4.79 Å². The number of benzene rings is 2. The van der Waals surface area contributed by atoms with Crippen molar-refractivity contribution in [2.24, 2.45) is 5.92 Å². The molecule has 1 aliphatic heterocycles. The van der Waals surface area contributed by atoms with Crippen LogP contribution in [0.5, 0.6) is 0 Å². The molecule has 0 spiro atoms. The first-order valence-corrected chi connectivity index (χ1v) is 14.0. The van der Waals surface area contributed by atoms with Crippen LogP contribution in [0.25, 0.3) is 5.69 Å². The van der Waals surface area contributed by atoms with Crippen LogP contribution < -0.4 is 15.5 Å². The van der Waals surface area contributed by atoms with Gasteiger partial charge in [-0.2, -0.15) is 0 Å². The molecule has 10 heteroatoms. The van der Waals surface area contributed by atoms with E-state index >= 15 is 0 Å². The van der Waals surface area contributed by atoms with Crippen LogP contribution in [0, 0.1) is 19.8 Å². The van der Waals surface area contributed by atoms with E-state index in [9.17, 15) is 14.7 Å². The number of carboxylic acid groups (broad SMARTS) is 1. The Morgan fingerprint density at radius 2 is 1.76 bits per heavy atom. The maximum absolute atomic E-state index is 12.3. The number of carboxylic acids is 1. The lowest BCUT2D eigenvalue weighted by atomic mass is 9.96. The third kappa shape index (κ3) is 5.42. The van der Waals surface area contributed by atoms with Gasteiger partial charge in [0.05, 0.1) is 34.1 Å². The van der Waals surface area contributed by atoms with Gasteiger partial charge in [0.15, 0.2) is 5.11 Å². The normalized spacial score (nSPS) is 16.6. The predicted octanol–water partition coefficient (Wildman–Crippen LogP) is 6.61. The van der Waals surface area contributed by atoms with Crippen LogP contribution in [0.2, 0.25) is 5.02 Å². The second-order valence-corrected chi connectivity index (χ2v) is 11.1. The molecule has 0 bridgehead atoms. The molecule has 3 heterocycles. The molecule has 0 radical (unpaired) electrons. The van der Waals surface area contributed by atoms with Crippen molar-refractivity contribution >= 4 is 52.2 Å². The van der Waals surface area contributed by atoms with Crippen molar-refractivity contribution in [2.45, 2.75) is 39.8 Å². The number of amides is 1. The van der Waals surface area contributed by atoms with Crippen molar-refractivity contribution in [3.63, 3.8) is 0 Å². The number of aromatic nitrogens is 2. The zero-order valence-electron chi connectivity index (χ0n) is 23.1. The molecule has 1 aliphatic rings. The number of thiocarbonyl (C=S) groups is 1. The summed E-state index contributed by atoms with van der Waals surface area (Å²) in [5, 5.41) is 16.6. The lowest BCUT2D eigenvalue weighted by Crippen LogP contribution is -2.29. The van der Waals surface area contributed by atoms with E-state index in [2.05, 4.69) is 26.3 Å². The minimum atomic E-state index is -0.967. The third-order valence-electron chi connectivity index (χ3n) is 7.27. The quantitative estimate of drug-likeness (QED) is 0.209. The molecule has 2 aromatic heterocycles. The molecule has 1 fully saturated rings. The van der Waals surface area contributed by atoms with Crippen LogP contribution in [0.1, 0.15) is 58.9 Å². The summed E-state index contributed by atoms with van der Waals surface area (Å²) >= 11 is 12.5. The van der Waals surface area contributed by atoms with E-state index in [0.717, 1.165) is 34.0 Å². The first-order chi connectivity index (χ1) is 19.6. The molecule has 210 valence electrons. The number of nitrogens with zero attached hydrogens (tertiary/aromatic N) is 3. The number of aryl methyl sites for hydroxylation is 1. The number of hydrogen-bond donors (Lipinski definition) is 3. The lowest BCUT2D eigenvalue weighted by Gasteiger charge is -2.28. The molecule has 3 N–H and O–H groups in total. The van der Waals surface area contributed by atoms with Crippen LogP contribution in [-0.4, -0.2) is 31.6 Å². The average molecular weight is 588 g/mol. The fraction of sp³-hybridized carbons (Fsp3) is 0.226. The van der Waals surface area contributed by atoms with Gasteiger partial charge in [0.1, 0.15) is 0 Å². The lowest BCUT2D eigenvalue weighted by molar-refractivity contribution is -0.118. The first kappa shape index (κ1) is 28.3. The molecule has 5 rings (SSSR count). The molecule has 1 saturated heterocycles. The highest BCUT2D eigenvalue weighted by atomic mass is 35.5.